The second-order valence-corrected chi connectivity index (χ2v) is 5.28. The van der Waals surface area contributed by atoms with Gasteiger partial charge in [0, 0.05) is 23.5 Å². The molecule has 0 aliphatic heterocycles. The van der Waals surface area contributed by atoms with Gasteiger partial charge in [0.1, 0.15) is 0 Å². The van der Waals surface area contributed by atoms with Crippen molar-refractivity contribution in [1.29, 1.82) is 0 Å². The van der Waals surface area contributed by atoms with Gasteiger partial charge >= 0.3 is 0 Å². The minimum atomic E-state index is -0.169. The summed E-state index contributed by atoms with van der Waals surface area (Å²) in [5.74, 6) is -0.169. The first-order valence-corrected chi connectivity index (χ1v) is 6.60. The van der Waals surface area contributed by atoms with E-state index in [2.05, 4.69) is 10.4 Å². The Kier molecular flexibility index (Phi) is 3.79. The van der Waals surface area contributed by atoms with Crippen molar-refractivity contribution in [2.75, 3.05) is 11.1 Å². The molecular formula is C15H20N4O. The molecule has 0 fully saturated rings. The van der Waals surface area contributed by atoms with Gasteiger partial charge in [-0.3, -0.25) is 9.48 Å². The number of carbonyl (C=O) groups is 1. The van der Waals surface area contributed by atoms with Crippen LogP contribution in [0.15, 0.2) is 24.5 Å². The highest BCUT2D eigenvalue weighted by Crippen LogP contribution is 2.19. The first-order valence-electron chi connectivity index (χ1n) is 6.60. The van der Waals surface area contributed by atoms with E-state index >= 15 is 0 Å². The Morgan fingerprint density at radius 2 is 2.00 bits per heavy atom. The third kappa shape index (κ3) is 2.82. The molecule has 0 aliphatic carbocycles. The van der Waals surface area contributed by atoms with E-state index in [-0.39, 0.29) is 11.9 Å². The molecule has 1 aromatic heterocycles. The summed E-state index contributed by atoms with van der Waals surface area (Å²) in [6, 6.07) is 3.90. The Labute approximate surface area is 118 Å². The number of nitrogen functional groups attached to an aromatic ring is 1. The van der Waals surface area contributed by atoms with Gasteiger partial charge in [0.05, 0.1) is 11.9 Å². The molecule has 0 atom stereocenters. The highest BCUT2D eigenvalue weighted by atomic mass is 16.1. The van der Waals surface area contributed by atoms with Crippen LogP contribution in [-0.2, 0) is 0 Å². The SMILES string of the molecule is Cc1cc(C)c(C(=O)Nc2cnn(C(C)C)c2)cc1N. The summed E-state index contributed by atoms with van der Waals surface area (Å²) in [5.41, 5.74) is 9.65. The van der Waals surface area contributed by atoms with E-state index in [1.807, 2.05) is 40.0 Å². The number of nitrogens with two attached hydrogens (primary N) is 1. The maximum atomic E-state index is 12.3. The van der Waals surface area contributed by atoms with Crippen LogP contribution in [0.2, 0.25) is 0 Å². The fourth-order valence-corrected chi connectivity index (χ4v) is 2.00. The van der Waals surface area contributed by atoms with Crippen molar-refractivity contribution in [1.82, 2.24) is 9.78 Å². The van der Waals surface area contributed by atoms with Gasteiger partial charge in [-0.15, -0.1) is 0 Å². The van der Waals surface area contributed by atoms with E-state index in [4.69, 9.17) is 5.73 Å². The average molecular weight is 272 g/mol. The number of nitrogens with zero attached hydrogens (tertiary/aromatic N) is 2. The van der Waals surface area contributed by atoms with Crippen LogP contribution in [0, 0.1) is 13.8 Å². The molecule has 5 nitrogen and oxygen atoms in total. The normalized spacial score (nSPS) is 10.8. The summed E-state index contributed by atoms with van der Waals surface area (Å²) < 4.78 is 1.80. The molecule has 3 N–H and O–H groups in total. The topological polar surface area (TPSA) is 72.9 Å². The predicted molar refractivity (Wildman–Crippen MR) is 80.9 cm³/mol. The Morgan fingerprint density at radius 1 is 1.30 bits per heavy atom. The molecule has 2 rings (SSSR count). The molecule has 1 aromatic carbocycles. The zero-order chi connectivity index (χ0) is 14.9. The number of hydrogen-bond donors (Lipinski definition) is 2. The number of anilines is 2. The minimum absolute atomic E-state index is 0.169. The second-order valence-electron chi connectivity index (χ2n) is 5.28. The first-order chi connectivity index (χ1) is 9.38. The summed E-state index contributed by atoms with van der Waals surface area (Å²) in [7, 11) is 0. The Hall–Kier alpha value is -2.30. The van der Waals surface area contributed by atoms with Gasteiger partial charge in [-0.1, -0.05) is 6.07 Å². The van der Waals surface area contributed by atoms with E-state index in [1.54, 1.807) is 16.9 Å². The summed E-state index contributed by atoms with van der Waals surface area (Å²) >= 11 is 0. The number of amides is 1. The van der Waals surface area contributed by atoms with E-state index in [0.717, 1.165) is 11.1 Å². The molecule has 0 saturated carbocycles. The average Bonchev–Trinajstić information content (AvgIpc) is 2.82. The van der Waals surface area contributed by atoms with Crippen molar-refractivity contribution < 1.29 is 4.79 Å². The smallest absolute Gasteiger partial charge is 0.256 e. The third-order valence-corrected chi connectivity index (χ3v) is 3.25. The van der Waals surface area contributed by atoms with Crippen LogP contribution in [0.1, 0.15) is 41.4 Å². The Balaban J connectivity index is 2.21. The van der Waals surface area contributed by atoms with E-state index in [0.29, 0.717) is 16.9 Å². The number of carbonyl (C=O) groups excluding carboxylic acids is 1. The number of aromatic nitrogens is 2. The predicted octanol–water partition coefficient (Wildman–Crippen LogP) is 2.92. The molecule has 0 aliphatic rings. The monoisotopic (exact) mass is 272 g/mol. The summed E-state index contributed by atoms with van der Waals surface area (Å²) in [4.78, 5) is 12.3. The number of aryl methyl sites for hydroxylation is 2. The van der Waals surface area contributed by atoms with Gasteiger partial charge in [0.25, 0.3) is 5.91 Å². The van der Waals surface area contributed by atoms with Crippen LogP contribution >= 0.6 is 0 Å². The molecule has 0 unspecified atom stereocenters. The van der Waals surface area contributed by atoms with Crippen LogP contribution in [0.5, 0.6) is 0 Å². The Bertz CT molecular complexity index is 643. The van der Waals surface area contributed by atoms with Crippen LogP contribution in [0.4, 0.5) is 11.4 Å². The van der Waals surface area contributed by atoms with Gasteiger partial charge < -0.3 is 11.1 Å². The van der Waals surface area contributed by atoms with Crippen molar-refractivity contribution in [2.45, 2.75) is 33.7 Å². The molecule has 2 aromatic rings. The Morgan fingerprint density at radius 3 is 2.60 bits per heavy atom. The first kappa shape index (κ1) is 14.1. The van der Waals surface area contributed by atoms with Crippen LogP contribution in [-0.4, -0.2) is 15.7 Å². The maximum absolute atomic E-state index is 12.3. The van der Waals surface area contributed by atoms with E-state index < -0.39 is 0 Å². The van der Waals surface area contributed by atoms with Gasteiger partial charge in [-0.05, 0) is 44.9 Å². The van der Waals surface area contributed by atoms with Gasteiger partial charge in [-0.25, -0.2) is 0 Å². The quantitative estimate of drug-likeness (QED) is 0.844. The molecule has 5 heteroatoms. The van der Waals surface area contributed by atoms with Crippen molar-refractivity contribution in [3.63, 3.8) is 0 Å². The van der Waals surface area contributed by atoms with Crippen LogP contribution in [0.3, 0.4) is 0 Å². The molecule has 1 amide bonds. The summed E-state index contributed by atoms with van der Waals surface area (Å²) in [6.45, 7) is 7.89. The lowest BCUT2D eigenvalue weighted by atomic mass is 10.0. The van der Waals surface area contributed by atoms with Crippen molar-refractivity contribution in [3.8, 4) is 0 Å². The maximum Gasteiger partial charge on any atom is 0.256 e. The molecule has 106 valence electrons. The molecular weight excluding hydrogens is 252 g/mol. The standard InChI is InChI=1S/C15H20N4O/c1-9(2)19-8-12(7-17-19)18-15(20)13-6-14(16)11(4)5-10(13)3/h5-9H,16H2,1-4H3,(H,18,20). The summed E-state index contributed by atoms with van der Waals surface area (Å²) in [6.07, 6.45) is 3.46. The van der Waals surface area contributed by atoms with Crippen LogP contribution < -0.4 is 11.1 Å². The third-order valence-electron chi connectivity index (χ3n) is 3.25. The molecule has 0 saturated heterocycles. The fourth-order valence-electron chi connectivity index (χ4n) is 2.00. The van der Waals surface area contributed by atoms with Gasteiger partial charge in [0.15, 0.2) is 0 Å². The lowest BCUT2D eigenvalue weighted by molar-refractivity contribution is 0.102. The molecule has 20 heavy (non-hydrogen) atoms. The highest BCUT2D eigenvalue weighted by molar-refractivity contribution is 6.05. The van der Waals surface area contributed by atoms with Crippen molar-refractivity contribution in [3.05, 3.63) is 41.2 Å². The van der Waals surface area contributed by atoms with Crippen LogP contribution in [0.25, 0.3) is 0 Å². The number of benzene rings is 1. The highest BCUT2D eigenvalue weighted by Gasteiger charge is 2.12. The zero-order valence-corrected chi connectivity index (χ0v) is 12.3. The fraction of sp³-hybridized carbons (Fsp3) is 0.333. The van der Waals surface area contributed by atoms with Crippen molar-refractivity contribution >= 4 is 17.3 Å². The lowest BCUT2D eigenvalue weighted by Gasteiger charge is -2.09. The van der Waals surface area contributed by atoms with Crippen molar-refractivity contribution in [2.24, 2.45) is 0 Å². The van der Waals surface area contributed by atoms with Gasteiger partial charge in [-0.2, -0.15) is 5.10 Å². The van der Waals surface area contributed by atoms with Gasteiger partial charge in [0.2, 0.25) is 0 Å². The van der Waals surface area contributed by atoms with E-state index in [1.165, 1.54) is 0 Å². The number of nitrogens with one attached hydrogen (secondary N) is 1. The largest absolute Gasteiger partial charge is 0.398 e. The summed E-state index contributed by atoms with van der Waals surface area (Å²) in [5, 5.41) is 7.04. The molecule has 0 spiro atoms. The number of hydrogen-bond acceptors (Lipinski definition) is 3. The second kappa shape index (κ2) is 5.36. The zero-order valence-electron chi connectivity index (χ0n) is 12.3. The minimum Gasteiger partial charge on any atom is -0.398 e. The van der Waals surface area contributed by atoms with E-state index in [9.17, 15) is 4.79 Å². The lowest BCUT2D eigenvalue weighted by Crippen LogP contribution is -2.14. The molecule has 0 radical (unpaired) electrons. The molecule has 0 bridgehead atoms. The number of rotatable bonds is 3. The molecule has 1 heterocycles.